The molecule has 0 heterocycles. The number of hydrogen-bond donors (Lipinski definition) is 9. The maximum Gasteiger partial charge on any atom is 0.348 e. The molecule has 3 aromatic rings. The number of rotatable bonds is 14. The van der Waals surface area contributed by atoms with Crippen LogP contribution in [0.5, 0.6) is 34.5 Å². The van der Waals surface area contributed by atoms with E-state index >= 15 is 0 Å². The summed E-state index contributed by atoms with van der Waals surface area (Å²) in [6.45, 7) is 0. The van der Waals surface area contributed by atoms with Gasteiger partial charge in [0.2, 0.25) is 11.7 Å². The van der Waals surface area contributed by atoms with Crippen molar-refractivity contribution in [2.45, 2.75) is 49.3 Å². The van der Waals surface area contributed by atoms with Crippen molar-refractivity contribution >= 4 is 54.0 Å². The number of hydrogen-bond acceptors (Lipinski definition) is 17. The van der Waals surface area contributed by atoms with Crippen LogP contribution in [0.25, 0.3) is 18.2 Å². The first-order valence-electron chi connectivity index (χ1n) is 16.4. The Morgan fingerprint density at radius 1 is 0.614 bits per heavy atom. The van der Waals surface area contributed by atoms with Crippen LogP contribution in [-0.2, 0) is 47.7 Å². The third-order valence-corrected chi connectivity index (χ3v) is 8.18. The zero-order chi connectivity index (χ0) is 42.0. The summed E-state index contributed by atoms with van der Waals surface area (Å²) in [4.78, 5) is 75.9. The van der Waals surface area contributed by atoms with Gasteiger partial charge in [-0.15, -0.1) is 0 Å². The third-order valence-electron chi connectivity index (χ3n) is 8.18. The lowest BCUT2D eigenvalue weighted by molar-refractivity contribution is -0.214. The number of aliphatic hydroxyl groups is 1. The summed E-state index contributed by atoms with van der Waals surface area (Å²) in [5.41, 5.74) is -2.18. The number of carboxylic acids is 2. The molecule has 0 spiro atoms. The number of carboxylic acid groups (broad SMARTS) is 2. The fraction of sp³-hybridized carbons (Fsp3) is 0.211. The van der Waals surface area contributed by atoms with E-state index in [1.807, 2.05) is 0 Å². The minimum absolute atomic E-state index is 0.187. The van der Waals surface area contributed by atoms with Crippen molar-refractivity contribution in [1.29, 1.82) is 0 Å². The van der Waals surface area contributed by atoms with Gasteiger partial charge in [-0.3, -0.25) is 4.79 Å². The van der Waals surface area contributed by atoms with Crippen molar-refractivity contribution in [3.63, 3.8) is 0 Å². The highest BCUT2D eigenvalue weighted by molar-refractivity contribution is 5.91. The van der Waals surface area contributed by atoms with Gasteiger partial charge in [0.25, 0.3) is 0 Å². The van der Waals surface area contributed by atoms with E-state index in [0.717, 1.165) is 72.9 Å². The number of carbonyl (C=O) groups excluding carboxylic acids is 4. The molecule has 0 aromatic heterocycles. The fourth-order valence-corrected chi connectivity index (χ4v) is 5.31. The van der Waals surface area contributed by atoms with Gasteiger partial charge in [-0.1, -0.05) is 18.2 Å². The molecule has 57 heavy (non-hydrogen) atoms. The Morgan fingerprint density at radius 3 is 1.35 bits per heavy atom. The number of phenolic OH excluding ortho intramolecular Hbond substituents is 6. The molecule has 0 bridgehead atoms. The van der Waals surface area contributed by atoms with E-state index < -0.39 is 120 Å². The number of esters is 4. The molecule has 19 heteroatoms. The van der Waals surface area contributed by atoms with Crippen molar-refractivity contribution in [3.8, 4) is 34.5 Å². The number of aliphatic hydroxyl groups excluding tert-OH is 1. The van der Waals surface area contributed by atoms with Gasteiger partial charge >= 0.3 is 35.8 Å². The van der Waals surface area contributed by atoms with E-state index in [0.29, 0.717) is 0 Å². The molecule has 0 radical (unpaired) electrons. The Kier molecular flexibility index (Phi) is 13.5. The van der Waals surface area contributed by atoms with Crippen LogP contribution in [0.3, 0.4) is 0 Å². The van der Waals surface area contributed by atoms with Crippen molar-refractivity contribution in [2.75, 3.05) is 0 Å². The second-order valence-electron chi connectivity index (χ2n) is 12.3. The van der Waals surface area contributed by atoms with Gasteiger partial charge in [-0.25, -0.2) is 24.0 Å². The van der Waals surface area contributed by atoms with Crippen LogP contribution >= 0.6 is 0 Å². The van der Waals surface area contributed by atoms with E-state index in [2.05, 4.69) is 0 Å². The van der Waals surface area contributed by atoms with E-state index in [1.54, 1.807) is 0 Å². The summed E-state index contributed by atoms with van der Waals surface area (Å²) < 4.78 is 20.6. The number of ether oxygens (including phenoxy) is 4. The zero-order valence-electron chi connectivity index (χ0n) is 29.2. The summed E-state index contributed by atoms with van der Waals surface area (Å²) in [6.07, 6.45) is -5.43. The molecule has 3 atom stereocenters. The molecule has 0 saturated heterocycles. The minimum Gasteiger partial charge on any atom is -0.504 e. The molecule has 1 aliphatic carbocycles. The topological polar surface area (TPSA) is 321 Å². The van der Waals surface area contributed by atoms with E-state index in [1.165, 1.54) is 18.2 Å². The maximum atomic E-state index is 13.1. The molecule has 4 rings (SSSR count). The van der Waals surface area contributed by atoms with Crippen LogP contribution in [0.4, 0.5) is 0 Å². The Hall–Kier alpha value is -7.54. The van der Waals surface area contributed by atoms with Gasteiger partial charge in [0.05, 0.1) is 6.42 Å². The number of benzene rings is 3. The first-order chi connectivity index (χ1) is 26.8. The second-order valence-corrected chi connectivity index (χ2v) is 12.3. The number of carbonyl (C=O) groups is 6. The maximum absolute atomic E-state index is 13.1. The molecule has 300 valence electrons. The highest BCUT2D eigenvalue weighted by Gasteiger charge is 2.56. The monoisotopic (exact) mass is 794 g/mol. The normalized spacial score (nSPS) is 19.8. The largest absolute Gasteiger partial charge is 0.504 e. The van der Waals surface area contributed by atoms with Crippen molar-refractivity contribution in [2.24, 2.45) is 0 Å². The van der Waals surface area contributed by atoms with E-state index in [9.17, 15) is 74.7 Å². The average molecular weight is 795 g/mol. The molecule has 0 amide bonds. The standard InChI is InChI=1S/C38H34O19/c39-22-7-1-19(13-25(22)42)4-10-31(45)54-28(36(50)51)16-34(48)57-38(37(52)53)17-29(55-32(46)11-5-20-2-8-23(40)26(43)14-20)35(49)30(18-38)56-33(47)12-6-21-3-9-24(41)27(44)15-21/h1-15,28-30,35,39-44,49H,16-18H2,(H,50,51)(H,52,53)/t28-,29-,30-,35?,38?/m1/s1. The van der Waals surface area contributed by atoms with Gasteiger partial charge in [-0.2, -0.15) is 0 Å². The molecule has 1 aliphatic rings. The SMILES string of the molecule is O=C(C=Cc1ccc(O)c(O)c1)O[C@H](CC(=O)OC1(C(=O)O)C[C@@H](OC(=O)C=Cc2ccc(O)c(O)c2)C(O)[C@H](OC(=O)C=Cc2ccc(O)c(O)c2)C1)C(=O)O. The van der Waals surface area contributed by atoms with Crippen molar-refractivity contribution in [3.05, 3.63) is 89.5 Å². The van der Waals surface area contributed by atoms with Gasteiger partial charge < -0.3 is 64.9 Å². The molecule has 3 aromatic carbocycles. The third kappa shape index (κ3) is 11.5. The van der Waals surface area contributed by atoms with Crippen LogP contribution in [0.1, 0.15) is 36.0 Å². The van der Waals surface area contributed by atoms with Gasteiger partial charge in [0, 0.05) is 31.1 Å². The molecule has 19 nitrogen and oxygen atoms in total. The summed E-state index contributed by atoms with van der Waals surface area (Å²) in [5.74, 6) is -11.9. The van der Waals surface area contributed by atoms with Gasteiger partial charge in [0.15, 0.2) is 34.5 Å². The Bertz CT molecular complexity index is 2050. The lowest BCUT2D eigenvalue weighted by Gasteiger charge is -2.42. The van der Waals surface area contributed by atoms with Crippen LogP contribution in [0.15, 0.2) is 72.8 Å². The molecule has 1 fully saturated rings. The van der Waals surface area contributed by atoms with Crippen LogP contribution in [0.2, 0.25) is 0 Å². The highest BCUT2D eigenvalue weighted by atomic mass is 16.6. The first-order valence-corrected chi connectivity index (χ1v) is 16.4. The molecule has 9 N–H and O–H groups in total. The summed E-state index contributed by atoms with van der Waals surface area (Å²) in [6, 6.07) is 10.5. The first kappa shape index (κ1) is 42.2. The predicted molar refractivity (Wildman–Crippen MR) is 190 cm³/mol. The van der Waals surface area contributed by atoms with E-state index in [4.69, 9.17) is 18.9 Å². The number of aromatic hydroxyl groups is 6. The Morgan fingerprint density at radius 2 is 1.00 bits per heavy atom. The molecular weight excluding hydrogens is 760 g/mol. The Balaban J connectivity index is 1.55. The highest BCUT2D eigenvalue weighted by Crippen LogP contribution is 2.37. The average Bonchev–Trinajstić information content (AvgIpc) is 3.14. The smallest absolute Gasteiger partial charge is 0.348 e. The van der Waals surface area contributed by atoms with Crippen molar-refractivity contribution in [1.82, 2.24) is 0 Å². The van der Waals surface area contributed by atoms with E-state index in [-0.39, 0.29) is 16.7 Å². The summed E-state index contributed by atoms with van der Waals surface area (Å²) in [5, 5.41) is 88.6. The Labute approximate surface area is 320 Å². The van der Waals surface area contributed by atoms with Crippen LogP contribution < -0.4 is 0 Å². The molecule has 0 unspecified atom stereocenters. The van der Waals surface area contributed by atoms with Crippen LogP contribution in [-0.4, -0.2) is 112 Å². The number of phenols is 6. The zero-order valence-corrected chi connectivity index (χ0v) is 29.2. The van der Waals surface area contributed by atoms with Gasteiger partial charge in [0.1, 0.15) is 18.3 Å². The summed E-state index contributed by atoms with van der Waals surface area (Å²) in [7, 11) is 0. The predicted octanol–water partition coefficient (Wildman–Crippen LogP) is 2.09. The number of aliphatic carboxylic acids is 2. The molecular formula is C38H34O19. The second kappa shape index (κ2) is 18.2. The van der Waals surface area contributed by atoms with Crippen molar-refractivity contribution < 1.29 is 93.7 Å². The lowest BCUT2D eigenvalue weighted by Crippen LogP contribution is -2.60. The minimum atomic E-state index is -2.76. The fourth-order valence-electron chi connectivity index (χ4n) is 5.31. The summed E-state index contributed by atoms with van der Waals surface area (Å²) >= 11 is 0. The lowest BCUT2D eigenvalue weighted by atomic mass is 9.79. The van der Waals surface area contributed by atoms with Gasteiger partial charge in [-0.05, 0) is 71.3 Å². The molecule has 0 aliphatic heterocycles. The quantitative estimate of drug-likeness (QED) is 0.0488. The molecule has 1 saturated carbocycles. The van der Waals surface area contributed by atoms with Crippen LogP contribution in [0, 0.1) is 0 Å².